The quantitative estimate of drug-likeness (QED) is 0.902. The fourth-order valence-electron chi connectivity index (χ4n) is 2.27. The normalized spacial score (nSPS) is 22.8. The Balaban J connectivity index is 2.06. The van der Waals surface area contributed by atoms with E-state index in [9.17, 15) is 9.50 Å². The molecular formula is C13H14BrFN2O. The lowest BCUT2D eigenvalue weighted by Gasteiger charge is -2.16. The van der Waals surface area contributed by atoms with Gasteiger partial charge in [0.15, 0.2) is 5.82 Å². The van der Waals surface area contributed by atoms with Crippen LogP contribution in [0.2, 0.25) is 0 Å². The van der Waals surface area contributed by atoms with E-state index >= 15 is 0 Å². The van der Waals surface area contributed by atoms with Gasteiger partial charge < -0.3 is 10.4 Å². The summed E-state index contributed by atoms with van der Waals surface area (Å²) in [6.07, 6.45) is 2.52. The van der Waals surface area contributed by atoms with Crippen molar-refractivity contribution in [2.75, 3.05) is 11.9 Å². The molecule has 0 amide bonds. The van der Waals surface area contributed by atoms with Crippen LogP contribution in [0.4, 0.5) is 10.1 Å². The molecular weight excluding hydrogens is 299 g/mol. The molecule has 18 heavy (non-hydrogen) atoms. The number of aliphatic hydroxyl groups is 1. The zero-order valence-electron chi connectivity index (χ0n) is 9.79. The number of hydrogen-bond donors (Lipinski definition) is 2. The number of anilines is 1. The molecule has 5 heteroatoms. The van der Waals surface area contributed by atoms with Gasteiger partial charge in [-0.1, -0.05) is 6.42 Å². The topological polar surface area (TPSA) is 56.0 Å². The van der Waals surface area contributed by atoms with E-state index in [0.29, 0.717) is 12.2 Å². The van der Waals surface area contributed by atoms with Gasteiger partial charge in [-0.15, -0.1) is 0 Å². The molecule has 1 aromatic carbocycles. The fourth-order valence-corrected chi connectivity index (χ4v) is 2.70. The molecule has 2 N–H and O–H groups in total. The van der Waals surface area contributed by atoms with E-state index in [2.05, 4.69) is 21.2 Å². The van der Waals surface area contributed by atoms with E-state index in [4.69, 9.17) is 5.26 Å². The molecule has 1 saturated carbocycles. The smallest absolute Gasteiger partial charge is 0.161 e. The number of nitriles is 1. The zero-order valence-corrected chi connectivity index (χ0v) is 11.4. The Morgan fingerprint density at radius 1 is 1.50 bits per heavy atom. The summed E-state index contributed by atoms with van der Waals surface area (Å²) in [7, 11) is 0. The van der Waals surface area contributed by atoms with Crippen molar-refractivity contribution in [3.05, 3.63) is 28.0 Å². The summed E-state index contributed by atoms with van der Waals surface area (Å²) in [6.45, 7) is 0.552. The lowest BCUT2D eigenvalue weighted by atomic mass is 10.1. The molecule has 2 atom stereocenters. The molecule has 3 nitrogen and oxygen atoms in total. The van der Waals surface area contributed by atoms with Gasteiger partial charge in [-0.25, -0.2) is 4.39 Å². The number of halogens is 2. The molecule has 0 heterocycles. The summed E-state index contributed by atoms with van der Waals surface area (Å²) >= 11 is 3.07. The first-order chi connectivity index (χ1) is 8.63. The summed E-state index contributed by atoms with van der Waals surface area (Å²) in [4.78, 5) is 0. The Hall–Kier alpha value is -1.12. The van der Waals surface area contributed by atoms with Gasteiger partial charge >= 0.3 is 0 Å². The second kappa shape index (κ2) is 5.68. The Morgan fingerprint density at radius 2 is 2.28 bits per heavy atom. The second-order valence-corrected chi connectivity index (χ2v) is 5.33. The predicted molar refractivity (Wildman–Crippen MR) is 70.7 cm³/mol. The average molecular weight is 313 g/mol. The van der Waals surface area contributed by atoms with Crippen LogP contribution in [0.3, 0.4) is 0 Å². The maximum absolute atomic E-state index is 13.9. The number of nitrogens with one attached hydrogen (secondary N) is 1. The van der Waals surface area contributed by atoms with Crippen LogP contribution in [-0.4, -0.2) is 17.8 Å². The summed E-state index contributed by atoms with van der Waals surface area (Å²) in [5.74, 6) is -0.277. The Morgan fingerprint density at radius 3 is 2.89 bits per heavy atom. The van der Waals surface area contributed by atoms with E-state index in [1.165, 1.54) is 0 Å². The van der Waals surface area contributed by atoms with Crippen LogP contribution >= 0.6 is 15.9 Å². The summed E-state index contributed by atoms with van der Waals surface area (Å²) in [6, 6.07) is 5.04. The van der Waals surface area contributed by atoms with Gasteiger partial charge in [0.25, 0.3) is 0 Å². The molecule has 0 radical (unpaired) electrons. The Labute approximate surface area is 114 Å². The molecule has 0 aromatic heterocycles. The second-order valence-electron chi connectivity index (χ2n) is 4.54. The van der Waals surface area contributed by atoms with Gasteiger partial charge in [-0.3, -0.25) is 0 Å². The largest absolute Gasteiger partial charge is 0.393 e. The van der Waals surface area contributed by atoms with Gasteiger partial charge in [0.1, 0.15) is 6.07 Å². The van der Waals surface area contributed by atoms with Crippen molar-refractivity contribution in [2.24, 2.45) is 5.92 Å². The van der Waals surface area contributed by atoms with E-state index < -0.39 is 5.82 Å². The number of nitrogens with zero attached hydrogens (tertiary/aromatic N) is 1. The monoisotopic (exact) mass is 312 g/mol. The zero-order chi connectivity index (χ0) is 13.1. The van der Waals surface area contributed by atoms with E-state index in [1.54, 1.807) is 12.1 Å². The van der Waals surface area contributed by atoms with E-state index in [1.807, 2.05) is 6.07 Å². The van der Waals surface area contributed by atoms with Crippen molar-refractivity contribution in [1.29, 1.82) is 5.26 Å². The minimum atomic E-state index is -0.457. The van der Waals surface area contributed by atoms with Crippen molar-refractivity contribution in [1.82, 2.24) is 0 Å². The predicted octanol–water partition coefficient (Wildman–Crippen LogP) is 3.03. The van der Waals surface area contributed by atoms with Crippen molar-refractivity contribution in [2.45, 2.75) is 25.4 Å². The maximum Gasteiger partial charge on any atom is 0.161 e. The average Bonchev–Trinajstić information content (AvgIpc) is 2.77. The molecule has 2 rings (SSSR count). The standard InChI is InChI=1S/C13H14BrFN2O/c14-12-8(6-16)4-5-10(13(12)15)17-7-9-2-1-3-11(9)18/h4-5,9,11,17-18H,1-3,7H2. The molecule has 1 aromatic rings. The summed E-state index contributed by atoms with van der Waals surface area (Å²) in [5, 5.41) is 21.5. The van der Waals surface area contributed by atoms with Crippen LogP contribution in [0.15, 0.2) is 16.6 Å². The third-order valence-electron chi connectivity index (χ3n) is 3.38. The highest BCUT2D eigenvalue weighted by Crippen LogP contribution is 2.29. The third kappa shape index (κ3) is 2.65. The number of rotatable bonds is 3. The Kier molecular flexibility index (Phi) is 4.20. The lowest BCUT2D eigenvalue weighted by Crippen LogP contribution is -2.22. The van der Waals surface area contributed by atoms with Crippen LogP contribution in [0, 0.1) is 23.1 Å². The van der Waals surface area contributed by atoms with Crippen molar-refractivity contribution >= 4 is 21.6 Å². The highest BCUT2D eigenvalue weighted by molar-refractivity contribution is 9.10. The molecule has 96 valence electrons. The SMILES string of the molecule is N#Cc1ccc(NCC2CCCC2O)c(F)c1Br. The molecule has 1 fully saturated rings. The summed E-state index contributed by atoms with van der Waals surface area (Å²) < 4.78 is 14.1. The Bertz CT molecular complexity index is 487. The van der Waals surface area contributed by atoms with Gasteiger partial charge in [-0.05, 0) is 40.9 Å². The fraction of sp³-hybridized carbons (Fsp3) is 0.462. The van der Waals surface area contributed by atoms with Gasteiger partial charge in [0.05, 0.1) is 21.8 Å². The molecule has 1 aliphatic rings. The molecule has 0 spiro atoms. The molecule has 0 aliphatic heterocycles. The van der Waals surface area contributed by atoms with Crippen molar-refractivity contribution < 1.29 is 9.50 Å². The van der Waals surface area contributed by atoms with E-state index in [0.717, 1.165) is 19.3 Å². The van der Waals surface area contributed by atoms with Gasteiger partial charge in [0, 0.05) is 12.5 Å². The van der Waals surface area contributed by atoms with Crippen molar-refractivity contribution in [3.63, 3.8) is 0 Å². The third-order valence-corrected chi connectivity index (χ3v) is 4.15. The van der Waals surface area contributed by atoms with Crippen LogP contribution in [0.1, 0.15) is 24.8 Å². The first kappa shape index (κ1) is 13.3. The molecule has 1 aliphatic carbocycles. The van der Waals surface area contributed by atoms with Crippen LogP contribution in [0.25, 0.3) is 0 Å². The number of aliphatic hydroxyl groups excluding tert-OH is 1. The minimum Gasteiger partial charge on any atom is -0.393 e. The number of benzene rings is 1. The van der Waals surface area contributed by atoms with Crippen LogP contribution in [-0.2, 0) is 0 Å². The highest BCUT2D eigenvalue weighted by atomic mass is 79.9. The lowest BCUT2D eigenvalue weighted by molar-refractivity contribution is 0.138. The minimum absolute atomic E-state index is 0.179. The summed E-state index contributed by atoms with van der Waals surface area (Å²) in [5.41, 5.74) is 0.638. The van der Waals surface area contributed by atoms with Crippen molar-refractivity contribution in [3.8, 4) is 6.07 Å². The van der Waals surface area contributed by atoms with Gasteiger partial charge in [-0.2, -0.15) is 5.26 Å². The van der Waals surface area contributed by atoms with Crippen LogP contribution < -0.4 is 5.32 Å². The van der Waals surface area contributed by atoms with E-state index in [-0.39, 0.29) is 22.1 Å². The maximum atomic E-state index is 13.9. The molecule has 0 bridgehead atoms. The first-order valence-electron chi connectivity index (χ1n) is 5.93. The molecule has 0 saturated heterocycles. The van der Waals surface area contributed by atoms with Crippen LogP contribution in [0.5, 0.6) is 0 Å². The highest BCUT2D eigenvalue weighted by Gasteiger charge is 2.25. The first-order valence-corrected chi connectivity index (χ1v) is 6.73. The number of hydrogen-bond acceptors (Lipinski definition) is 3. The molecule has 2 unspecified atom stereocenters. The van der Waals surface area contributed by atoms with Gasteiger partial charge in [0.2, 0.25) is 0 Å².